The number of morpholine rings is 1. The summed E-state index contributed by atoms with van der Waals surface area (Å²) in [6.07, 6.45) is -0.0364. The highest BCUT2D eigenvalue weighted by Crippen LogP contribution is 2.26. The molecule has 0 spiro atoms. The number of rotatable bonds is 6. The zero-order chi connectivity index (χ0) is 18.5. The van der Waals surface area contributed by atoms with Crippen LogP contribution in [0, 0.1) is 0 Å². The van der Waals surface area contributed by atoms with Crippen LogP contribution < -0.4 is 4.74 Å². The molecule has 8 heteroatoms. The van der Waals surface area contributed by atoms with E-state index in [9.17, 15) is 9.59 Å². The third-order valence-electron chi connectivity index (χ3n) is 3.93. The van der Waals surface area contributed by atoms with Crippen LogP contribution in [-0.2, 0) is 9.53 Å². The van der Waals surface area contributed by atoms with Crippen LogP contribution in [0.3, 0.4) is 0 Å². The number of hydrogen-bond acceptors (Lipinski definition) is 6. The number of hydrogen-bond donors (Lipinski definition) is 1. The predicted octanol–water partition coefficient (Wildman–Crippen LogP) is 2.52. The summed E-state index contributed by atoms with van der Waals surface area (Å²) in [5, 5.41) is 11.5. The maximum atomic E-state index is 12.6. The molecule has 0 saturated carbocycles. The van der Waals surface area contributed by atoms with Crippen LogP contribution in [0.2, 0.25) is 0 Å². The molecule has 3 rings (SSSR count). The van der Waals surface area contributed by atoms with Gasteiger partial charge in [-0.05, 0) is 30.7 Å². The Hall–Kier alpha value is -2.45. The standard InChI is InChI=1S/C18H20N2O5S/c1-2-8-24-13-5-3-12(4-6-13)16-19-14(11-26-16)17(21)20-7-9-25-15(10-20)18(22)23/h3-6,11,15H,2,7-10H2,1H3,(H,22,23). The van der Waals surface area contributed by atoms with Gasteiger partial charge in [-0.1, -0.05) is 6.92 Å². The summed E-state index contributed by atoms with van der Waals surface area (Å²) in [4.78, 5) is 29.5. The largest absolute Gasteiger partial charge is 0.494 e. The fourth-order valence-corrected chi connectivity index (χ4v) is 3.36. The lowest BCUT2D eigenvalue weighted by molar-refractivity contribution is -0.154. The first-order chi connectivity index (χ1) is 12.6. The minimum Gasteiger partial charge on any atom is -0.494 e. The highest BCUT2D eigenvalue weighted by Gasteiger charge is 2.30. The van der Waals surface area contributed by atoms with E-state index in [-0.39, 0.29) is 19.1 Å². The van der Waals surface area contributed by atoms with Crippen molar-refractivity contribution in [1.29, 1.82) is 0 Å². The third-order valence-corrected chi connectivity index (χ3v) is 4.82. The summed E-state index contributed by atoms with van der Waals surface area (Å²) in [6.45, 7) is 3.32. The average molecular weight is 376 g/mol. The number of ether oxygens (including phenoxy) is 2. The van der Waals surface area contributed by atoms with E-state index in [4.69, 9.17) is 14.6 Å². The van der Waals surface area contributed by atoms with Gasteiger partial charge in [-0.3, -0.25) is 4.79 Å². The van der Waals surface area contributed by atoms with Gasteiger partial charge in [0.25, 0.3) is 5.91 Å². The number of aliphatic carboxylic acids is 1. The van der Waals surface area contributed by atoms with Crippen molar-refractivity contribution in [2.45, 2.75) is 19.4 Å². The maximum Gasteiger partial charge on any atom is 0.334 e. The van der Waals surface area contributed by atoms with Crippen LogP contribution >= 0.6 is 11.3 Å². The van der Waals surface area contributed by atoms with Crippen molar-refractivity contribution in [3.63, 3.8) is 0 Å². The highest BCUT2D eigenvalue weighted by atomic mass is 32.1. The van der Waals surface area contributed by atoms with E-state index in [0.29, 0.717) is 18.8 Å². The van der Waals surface area contributed by atoms with E-state index in [0.717, 1.165) is 22.7 Å². The van der Waals surface area contributed by atoms with E-state index >= 15 is 0 Å². The van der Waals surface area contributed by atoms with Gasteiger partial charge in [0.2, 0.25) is 0 Å². The summed E-state index contributed by atoms with van der Waals surface area (Å²) in [5.74, 6) is -0.534. The van der Waals surface area contributed by atoms with Gasteiger partial charge in [-0.2, -0.15) is 0 Å². The molecule has 1 saturated heterocycles. The van der Waals surface area contributed by atoms with Crippen LogP contribution in [-0.4, -0.2) is 59.3 Å². The molecule has 7 nitrogen and oxygen atoms in total. The topological polar surface area (TPSA) is 89.0 Å². The second kappa shape index (κ2) is 8.29. The summed E-state index contributed by atoms with van der Waals surface area (Å²) < 4.78 is 10.7. The van der Waals surface area contributed by atoms with Gasteiger partial charge in [-0.25, -0.2) is 9.78 Å². The SMILES string of the molecule is CCCOc1ccc(-c2nc(C(=O)N3CCOC(C(=O)O)C3)cs2)cc1. The first-order valence-corrected chi connectivity index (χ1v) is 9.29. The number of thiazole rings is 1. The zero-order valence-electron chi connectivity index (χ0n) is 14.4. The van der Waals surface area contributed by atoms with Crippen molar-refractivity contribution in [3.05, 3.63) is 35.3 Å². The first-order valence-electron chi connectivity index (χ1n) is 8.41. The number of carboxylic acids is 1. The van der Waals surface area contributed by atoms with Gasteiger partial charge < -0.3 is 19.5 Å². The summed E-state index contributed by atoms with van der Waals surface area (Å²) >= 11 is 1.38. The van der Waals surface area contributed by atoms with Crippen molar-refractivity contribution < 1.29 is 24.2 Å². The van der Waals surface area contributed by atoms with E-state index in [1.807, 2.05) is 24.3 Å². The van der Waals surface area contributed by atoms with Gasteiger partial charge >= 0.3 is 5.97 Å². The van der Waals surface area contributed by atoms with Crippen molar-refractivity contribution in [2.24, 2.45) is 0 Å². The quantitative estimate of drug-likeness (QED) is 0.833. The average Bonchev–Trinajstić information content (AvgIpc) is 3.16. The number of carbonyl (C=O) groups is 2. The molecule has 1 aliphatic rings. The molecule has 2 aromatic rings. The third kappa shape index (κ3) is 4.20. The van der Waals surface area contributed by atoms with Gasteiger partial charge in [0.05, 0.1) is 19.8 Å². The number of carboxylic acid groups (broad SMARTS) is 1. The number of amides is 1. The molecule has 138 valence electrons. The van der Waals surface area contributed by atoms with E-state index in [1.165, 1.54) is 16.2 Å². The Bertz CT molecular complexity index is 774. The molecule has 1 atom stereocenters. The monoisotopic (exact) mass is 376 g/mol. The molecule has 1 aromatic carbocycles. The smallest absolute Gasteiger partial charge is 0.334 e. The second-order valence-corrected chi connectivity index (χ2v) is 6.72. The number of nitrogens with zero attached hydrogens (tertiary/aromatic N) is 2. The van der Waals surface area contributed by atoms with Crippen molar-refractivity contribution in [1.82, 2.24) is 9.88 Å². The normalized spacial score (nSPS) is 17.1. The number of carbonyl (C=O) groups excluding carboxylic acids is 1. The van der Waals surface area contributed by atoms with Gasteiger partial charge in [0.15, 0.2) is 6.10 Å². The van der Waals surface area contributed by atoms with Crippen molar-refractivity contribution >= 4 is 23.2 Å². The number of aromatic nitrogens is 1. The van der Waals surface area contributed by atoms with Crippen LogP contribution in [0.15, 0.2) is 29.6 Å². The predicted molar refractivity (Wildman–Crippen MR) is 96.6 cm³/mol. The van der Waals surface area contributed by atoms with Crippen LogP contribution in [0.25, 0.3) is 10.6 Å². The molecule has 0 aliphatic carbocycles. The lowest BCUT2D eigenvalue weighted by Crippen LogP contribution is -2.48. The lowest BCUT2D eigenvalue weighted by atomic mass is 10.2. The Morgan fingerprint density at radius 1 is 1.38 bits per heavy atom. The molecule has 1 fully saturated rings. The number of benzene rings is 1. The summed E-state index contributed by atoms with van der Waals surface area (Å²) in [7, 11) is 0. The molecule has 1 unspecified atom stereocenters. The molecule has 0 radical (unpaired) electrons. The Morgan fingerprint density at radius 3 is 2.85 bits per heavy atom. The molecule has 26 heavy (non-hydrogen) atoms. The van der Waals surface area contributed by atoms with Gasteiger partial charge in [0.1, 0.15) is 16.5 Å². The molecule has 1 aromatic heterocycles. The highest BCUT2D eigenvalue weighted by molar-refractivity contribution is 7.13. The fraction of sp³-hybridized carbons (Fsp3) is 0.389. The first kappa shape index (κ1) is 18.3. The second-order valence-electron chi connectivity index (χ2n) is 5.86. The molecular formula is C18H20N2O5S. The van der Waals surface area contributed by atoms with Crippen molar-refractivity contribution in [3.8, 4) is 16.3 Å². The molecule has 2 heterocycles. The molecular weight excluding hydrogens is 356 g/mol. The lowest BCUT2D eigenvalue weighted by Gasteiger charge is -2.30. The Labute approximate surface area is 155 Å². The van der Waals surface area contributed by atoms with Crippen molar-refractivity contribution in [2.75, 3.05) is 26.3 Å². The molecule has 0 bridgehead atoms. The Balaban J connectivity index is 1.69. The van der Waals surface area contributed by atoms with Gasteiger partial charge in [-0.15, -0.1) is 11.3 Å². The minimum atomic E-state index is -1.06. The van der Waals surface area contributed by atoms with Crippen LogP contribution in [0.5, 0.6) is 5.75 Å². The Morgan fingerprint density at radius 2 is 2.15 bits per heavy atom. The van der Waals surface area contributed by atoms with E-state index in [2.05, 4.69) is 11.9 Å². The Kier molecular flexibility index (Phi) is 5.85. The molecule has 1 amide bonds. The van der Waals surface area contributed by atoms with E-state index in [1.54, 1.807) is 5.38 Å². The minimum absolute atomic E-state index is 0.0322. The van der Waals surface area contributed by atoms with E-state index < -0.39 is 12.1 Å². The molecule has 1 N–H and O–H groups in total. The van der Waals surface area contributed by atoms with Gasteiger partial charge in [0, 0.05) is 17.5 Å². The molecule has 1 aliphatic heterocycles. The fourth-order valence-electron chi connectivity index (χ4n) is 2.56. The van der Waals surface area contributed by atoms with Crippen LogP contribution in [0.1, 0.15) is 23.8 Å². The summed E-state index contributed by atoms with van der Waals surface area (Å²) in [6, 6.07) is 7.58. The van der Waals surface area contributed by atoms with Crippen LogP contribution in [0.4, 0.5) is 0 Å². The maximum absolute atomic E-state index is 12.6. The zero-order valence-corrected chi connectivity index (χ0v) is 15.2. The summed E-state index contributed by atoms with van der Waals surface area (Å²) in [5.41, 5.74) is 1.23.